The van der Waals surface area contributed by atoms with Crippen molar-refractivity contribution in [3.8, 4) is 5.75 Å². The minimum absolute atomic E-state index is 0.0157. The van der Waals surface area contributed by atoms with E-state index in [1.54, 1.807) is 6.20 Å². The van der Waals surface area contributed by atoms with Crippen molar-refractivity contribution in [1.82, 2.24) is 10.3 Å². The number of nitrogens with zero attached hydrogens (tertiary/aromatic N) is 1. The average molecular weight is 298 g/mol. The SMILES string of the molecule is CCNC(c1cncc(OCC)c1)C1CCC(F)(F)CC1. The third-order valence-electron chi connectivity index (χ3n) is 4.06. The van der Waals surface area contributed by atoms with E-state index in [9.17, 15) is 8.78 Å². The molecule has 0 radical (unpaired) electrons. The topological polar surface area (TPSA) is 34.2 Å². The van der Waals surface area contributed by atoms with E-state index >= 15 is 0 Å². The molecule has 1 aliphatic rings. The number of hydrogen-bond donors (Lipinski definition) is 1. The number of rotatable bonds is 6. The van der Waals surface area contributed by atoms with Crippen LogP contribution >= 0.6 is 0 Å². The van der Waals surface area contributed by atoms with Crippen LogP contribution in [0.15, 0.2) is 18.5 Å². The van der Waals surface area contributed by atoms with E-state index in [0.29, 0.717) is 19.4 Å². The van der Waals surface area contributed by atoms with Gasteiger partial charge in [-0.2, -0.15) is 0 Å². The van der Waals surface area contributed by atoms with Crippen LogP contribution in [-0.4, -0.2) is 24.1 Å². The molecule has 0 amide bonds. The molecule has 1 atom stereocenters. The quantitative estimate of drug-likeness (QED) is 0.863. The van der Waals surface area contributed by atoms with Gasteiger partial charge in [-0.05, 0) is 43.9 Å². The van der Waals surface area contributed by atoms with Crippen LogP contribution in [0, 0.1) is 5.92 Å². The lowest BCUT2D eigenvalue weighted by Crippen LogP contribution is -2.34. The number of hydrogen-bond acceptors (Lipinski definition) is 3. The van der Waals surface area contributed by atoms with E-state index in [2.05, 4.69) is 10.3 Å². The first-order chi connectivity index (χ1) is 10.1. The summed E-state index contributed by atoms with van der Waals surface area (Å²) in [5.74, 6) is -1.53. The molecule has 5 heteroatoms. The van der Waals surface area contributed by atoms with Gasteiger partial charge in [0.15, 0.2) is 0 Å². The summed E-state index contributed by atoms with van der Waals surface area (Å²) in [6.07, 6.45) is 4.55. The van der Waals surface area contributed by atoms with Gasteiger partial charge in [-0.25, -0.2) is 8.78 Å². The standard InChI is InChI=1S/C16H24F2N2O/c1-3-20-15(12-5-7-16(17,18)8-6-12)13-9-14(21-4-2)11-19-10-13/h9-12,15,20H,3-8H2,1-2H3. The fourth-order valence-corrected chi connectivity index (χ4v) is 3.02. The minimum atomic E-state index is -2.49. The Balaban J connectivity index is 2.13. The summed E-state index contributed by atoms with van der Waals surface area (Å²) in [6.45, 7) is 5.35. The smallest absolute Gasteiger partial charge is 0.248 e. The fourth-order valence-electron chi connectivity index (χ4n) is 3.02. The van der Waals surface area contributed by atoms with E-state index < -0.39 is 5.92 Å². The van der Waals surface area contributed by atoms with Gasteiger partial charge in [-0.15, -0.1) is 0 Å². The van der Waals surface area contributed by atoms with Crippen LogP contribution < -0.4 is 10.1 Å². The second-order valence-corrected chi connectivity index (χ2v) is 5.62. The van der Waals surface area contributed by atoms with E-state index in [1.165, 1.54) is 0 Å². The Morgan fingerprint density at radius 1 is 1.33 bits per heavy atom. The predicted molar refractivity (Wildman–Crippen MR) is 78.7 cm³/mol. The Bertz CT molecular complexity index is 444. The maximum absolute atomic E-state index is 13.3. The van der Waals surface area contributed by atoms with Gasteiger partial charge in [0.25, 0.3) is 0 Å². The number of aromatic nitrogens is 1. The molecule has 1 aromatic heterocycles. The predicted octanol–water partition coefficient (Wildman–Crippen LogP) is 3.96. The molecule has 21 heavy (non-hydrogen) atoms. The molecule has 1 fully saturated rings. The third kappa shape index (κ3) is 4.37. The second kappa shape index (κ2) is 7.16. The highest BCUT2D eigenvalue weighted by Gasteiger charge is 2.37. The maximum atomic E-state index is 13.3. The summed E-state index contributed by atoms with van der Waals surface area (Å²) in [5, 5.41) is 3.42. The molecule has 1 saturated carbocycles. The molecule has 1 unspecified atom stereocenters. The maximum Gasteiger partial charge on any atom is 0.248 e. The lowest BCUT2D eigenvalue weighted by atomic mass is 9.80. The van der Waals surface area contributed by atoms with Crippen molar-refractivity contribution in [2.24, 2.45) is 5.92 Å². The molecule has 1 aromatic rings. The molecule has 1 aliphatic carbocycles. The van der Waals surface area contributed by atoms with Crippen LogP contribution in [0.1, 0.15) is 51.1 Å². The molecule has 2 rings (SSSR count). The van der Waals surface area contributed by atoms with Crippen molar-refractivity contribution in [1.29, 1.82) is 0 Å². The van der Waals surface area contributed by atoms with Crippen molar-refractivity contribution >= 4 is 0 Å². The Labute approximate surface area is 125 Å². The van der Waals surface area contributed by atoms with Crippen LogP contribution in [0.4, 0.5) is 8.78 Å². The highest BCUT2D eigenvalue weighted by Crippen LogP contribution is 2.41. The fraction of sp³-hybridized carbons (Fsp3) is 0.688. The minimum Gasteiger partial charge on any atom is -0.492 e. The monoisotopic (exact) mass is 298 g/mol. The summed E-state index contributed by atoms with van der Waals surface area (Å²) in [6, 6.07) is 2.04. The number of nitrogens with one attached hydrogen (secondary N) is 1. The van der Waals surface area contributed by atoms with Gasteiger partial charge in [-0.1, -0.05) is 6.92 Å². The highest BCUT2D eigenvalue weighted by molar-refractivity contribution is 5.26. The van der Waals surface area contributed by atoms with Crippen molar-refractivity contribution in [3.63, 3.8) is 0 Å². The van der Waals surface area contributed by atoms with E-state index in [-0.39, 0.29) is 24.8 Å². The Morgan fingerprint density at radius 3 is 2.67 bits per heavy atom. The zero-order valence-electron chi connectivity index (χ0n) is 12.7. The zero-order chi connectivity index (χ0) is 15.3. The molecule has 0 aliphatic heterocycles. The van der Waals surface area contributed by atoms with Gasteiger partial charge in [0, 0.05) is 25.1 Å². The van der Waals surface area contributed by atoms with Crippen molar-refractivity contribution in [2.75, 3.05) is 13.2 Å². The van der Waals surface area contributed by atoms with E-state index in [4.69, 9.17) is 4.74 Å². The molecule has 0 bridgehead atoms. The first kappa shape index (κ1) is 16.1. The van der Waals surface area contributed by atoms with Gasteiger partial charge < -0.3 is 10.1 Å². The Morgan fingerprint density at radius 2 is 2.05 bits per heavy atom. The summed E-state index contributed by atoms with van der Waals surface area (Å²) in [4.78, 5) is 4.22. The van der Waals surface area contributed by atoms with Gasteiger partial charge in [0.2, 0.25) is 5.92 Å². The molecule has 118 valence electrons. The number of ether oxygens (including phenoxy) is 1. The van der Waals surface area contributed by atoms with E-state index in [0.717, 1.165) is 17.9 Å². The summed E-state index contributed by atoms with van der Waals surface area (Å²) >= 11 is 0. The van der Waals surface area contributed by atoms with Crippen molar-refractivity contribution < 1.29 is 13.5 Å². The zero-order valence-corrected chi connectivity index (χ0v) is 12.7. The van der Waals surface area contributed by atoms with E-state index in [1.807, 2.05) is 26.1 Å². The lowest BCUT2D eigenvalue weighted by Gasteiger charge is -2.34. The molecular weight excluding hydrogens is 274 g/mol. The van der Waals surface area contributed by atoms with Gasteiger partial charge in [0.05, 0.1) is 12.8 Å². The first-order valence-corrected chi connectivity index (χ1v) is 7.74. The molecule has 1 N–H and O–H groups in total. The first-order valence-electron chi connectivity index (χ1n) is 7.74. The van der Waals surface area contributed by atoms with Gasteiger partial charge >= 0.3 is 0 Å². The number of pyridine rings is 1. The summed E-state index contributed by atoms with van der Waals surface area (Å²) in [5.41, 5.74) is 1.03. The summed E-state index contributed by atoms with van der Waals surface area (Å²) < 4.78 is 32.2. The van der Waals surface area contributed by atoms with Crippen LogP contribution in [0.3, 0.4) is 0 Å². The van der Waals surface area contributed by atoms with Crippen molar-refractivity contribution in [2.45, 2.75) is 51.5 Å². The molecule has 1 heterocycles. The molecule has 3 nitrogen and oxygen atoms in total. The normalized spacial score (nSPS) is 20.2. The second-order valence-electron chi connectivity index (χ2n) is 5.62. The lowest BCUT2D eigenvalue weighted by molar-refractivity contribution is -0.0497. The Kier molecular flexibility index (Phi) is 5.51. The Hall–Kier alpha value is -1.23. The highest BCUT2D eigenvalue weighted by atomic mass is 19.3. The van der Waals surface area contributed by atoms with Crippen LogP contribution in [0.2, 0.25) is 0 Å². The molecule has 0 saturated heterocycles. The van der Waals surface area contributed by atoms with Crippen LogP contribution in [0.25, 0.3) is 0 Å². The number of alkyl halides is 2. The largest absolute Gasteiger partial charge is 0.492 e. The third-order valence-corrected chi connectivity index (χ3v) is 4.06. The number of halogens is 2. The van der Waals surface area contributed by atoms with Crippen LogP contribution in [0.5, 0.6) is 5.75 Å². The molecule has 0 aromatic carbocycles. The molecule has 0 spiro atoms. The summed E-state index contributed by atoms with van der Waals surface area (Å²) in [7, 11) is 0. The molecular formula is C16H24F2N2O. The van der Waals surface area contributed by atoms with Gasteiger partial charge in [-0.3, -0.25) is 4.98 Å². The van der Waals surface area contributed by atoms with Crippen molar-refractivity contribution in [3.05, 3.63) is 24.0 Å². The van der Waals surface area contributed by atoms with Crippen LogP contribution in [-0.2, 0) is 0 Å². The van der Waals surface area contributed by atoms with Gasteiger partial charge in [0.1, 0.15) is 5.75 Å². The average Bonchev–Trinajstić information content (AvgIpc) is 2.46.